The van der Waals surface area contributed by atoms with Gasteiger partial charge in [-0.2, -0.15) is 0 Å². The van der Waals surface area contributed by atoms with Crippen molar-refractivity contribution in [1.29, 1.82) is 0 Å². The van der Waals surface area contributed by atoms with Crippen molar-refractivity contribution in [3.63, 3.8) is 0 Å². The second kappa shape index (κ2) is 10.4. The number of carbonyl (C=O) groups is 5. The van der Waals surface area contributed by atoms with E-state index in [1.807, 2.05) is 0 Å². The van der Waals surface area contributed by atoms with Crippen LogP contribution in [0.4, 0.5) is 0 Å². The number of ether oxygens (including phenoxy) is 6. The summed E-state index contributed by atoms with van der Waals surface area (Å²) in [5.74, 6) is -7.12. The molecular formula is C16H21N3O11. The first-order valence-electron chi connectivity index (χ1n) is 8.50. The predicted molar refractivity (Wildman–Crippen MR) is 91.8 cm³/mol. The first-order chi connectivity index (χ1) is 13.9. The highest BCUT2D eigenvalue weighted by atomic mass is 16.8. The predicted octanol–water partition coefficient (Wildman–Crippen LogP) is 0.271. The Bertz CT molecular complexity index is 764. The monoisotopic (exact) mass is 431 g/mol. The molecule has 0 spiro atoms. The Balaban J connectivity index is 3.65. The number of esters is 5. The summed E-state index contributed by atoms with van der Waals surface area (Å²) in [5.41, 5.74) is 9.00. The fourth-order valence-corrected chi connectivity index (χ4v) is 2.70. The molecule has 0 unspecified atom stereocenters. The fraction of sp³-hybridized carbons (Fsp3) is 0.688. The van der Waals surface area contributed by atoms with Crippen LogP contribution in [0.25, 0.3) is 10.4 Å². The third-order valence-corrected chi connectivity index (χ3v) is 3.49. The third-order valence-electron chi connectivity index (χ3n) is 3.49. The van der Waals surface area contributed by atoms with Gasteiger partial charge in [0, 0.05) is 39.5 Å². The molecule has 0 amide bonds. The van der Waals surface area contributed by atoms with Gasteiger partial charge < -0.3 is 28.4 Å². The van der Waals surface area contributed by atoms with E-state index in [-0.39, 0.29) is 0 Å². The van der Waals surface area contributed by atoms with Crippen molar-refractivity contribution in [2.75, 3.05) is 6.61 Å². The topological polar surface area (TPSA) is 189 Å². The molecule has 1 saturated heterocycles. The van der Waals surface area contributed by atoms with E-state index in [0.29, 0.717) is 0 Å². The van der Waals surface area contributed by atoms with Crippen LogP contribution < -0.4 is 0 Å². The van der Waals surface area contributed by atoms with E-state index < -0.39 is 66.8 Å². The van der Waals surface area contributed by atoms with Crippen molar-refractivity contribution in [2.45, 2.75) is 64.9 Å². The summed E-state index contributed by atoms with van der Waals surface area (Å²) in [6.07, 6.45) is -6.46. The van der Waals surface area contributed by atoms with Crippen LogP contribution in [-0.4, -0.2) is 66.8 Å². The molecule has 0 N–H and O–H groups in total. The molecule has 0 aromatic rings. The Hall–Kier alpha value is -3.38. The maximum Gasteiger partial charge on any atom is 0.335 e. The molecule has 14 heteroatoms. The first-order valence-corrected chi connectivity index (χ1v) is 8.50. The van der Waals surface area contributed by atoms with Gasteiger partial charge in [0.25, 0.3) is 0 Å². The van der Waals surface area contributed by atoms with Crippen molar-refractivity contribution < 1.29 is 52.4 Å². The van der Waals surface area contributed by atoms with E-state index in [9.17, 15) is 24.0 Å². The van der Waals surface area contributed by atoms with Gasteiger partial charge in [-0.25, -0.2) is 0 Å². The molecule has 0 aromatic heterocycles. The van der Waals surface area contributed by atoms with E-state index in [1.165, 1.54) is 0 Å². The average Bonchev–Trinajstić information content (AvgIpc) is 2.57. The smallest absolute Gasteiger partial charge is 0.335 e. The second-order valence-electron chi connectivity index (χ2n) is 6.05. The second-order valence-corrected chi connectivity index (χ2v) is 6.05. The zero-order valence-electron chi connectivity index (χ0n) is 16.8. The normalized spacial score (nSPS) is 27.6. The summed E-state index contributed by atoms with van der Waals surface area (Å²) >= 11 is 0. The standard InChI is InChI=1S/C16H21N3O11/c1-7(20)25-6-12-13(26-8(2)21)14(27-9(3)22)15(28-10(4)23)16(30-12,18-19-17)29-11(5)24/h12-15H,6H2,1-5H3/t12-,13-,14+,15-,16+/m1/s1. The highest BCUT2D eigenvalue weighted by Gasteiger charge is 2.62. The molecule has 0 aliphatic carbocycles. The molecular weight excluding hydrogens is 410 g/mol. The molecule has 0 aromatic carbocycles. The Kier molecular flexibility index (Phi) is 8.56. The number of azide groups is 1. The molecule has 1 aliphatic heterocycles. The molecule has 0 bridgehead atoms. The summed E-state index contributed by atoms with van der Waals surface area (Å²) in [4.78, 5) is 60.5. The van der Waals surface area contributed by atoms with Gasteiger partial charge in [-0.3, -0.25) is 24.0 Å². The lowest BCUT2D eigenvalue weighted by molar-refractivity contribution is -0.351. The maximum absolute atomic E-state index is 11.7. The quantitative estimate of drug-likeness (QED) is 0.177. The molecule has 1 heterocycles. The highest BCUT2D eigenvalue weighted by Crippen LogP contribution is 2.38. The molecule has 1 aliphatic rings. The number of carbonyl (C=O) groups excluding carboxylic acids is 5. The van der Waals surface area contributed by atoms with Crippen molar-refractivity contribution in [1.82, 2.24) is 0 Å². The third kappa shape index (κ3) is 6.60. The highest BCUT2D eigenvalue weighted by molar-refractivity contribution is 5.69. The van der Waals surface area contributed by atoms with Crippen molar-refractivity contribution >= 4 is 29.8 Å². The summed E-state index contributed by atoms with van der Waals surface area (Å²) in [5, 5.41) is 3.30. The molecule has 14 nitrogen and oxygen atoms in total. The van der Waals surface area contributed by atoms with E-state index in [2.05, 4.69) is 10.0 Å². The van der Waals surface area contributed by atoms with E-state index >= 15 is 0 Å². The fourth-order valence-electron chi connectivity index (χ4n) is 2.70. The van der Waals surface area contributed by atoms with Crippen LogP contribution in [0.1, 0.15) is 34.6 Å². The Morgan fingerprint density at radius 1 is 0.867 bits per heavy atom. The Labute approximate surface area is 170 Å². The van der Waals surface area contributed by atoms with Crippen LogP contribution in [0.15, 0.2) is 5.11 Å². The van der Waals surface area contributed by atoms with Gasteiger partial charge in [0.15, 0.2) is 12.2 Å². The zero-order chi connectivity index (χ0) is 23.1. The Morgan fingerprint density at radius 2 is 1.40 bits per heavy atom. The molecule has 30 heavy (non-hydrogen) atoms. The SMILES string of the molecule is CC(=O)OC[C@H]1O[C@@](N=[N+]=[N-])(OC(C)=O)[C@H](OC(C)=O)[C@@H](OC(C)=O)[C@@H]1OC(C)=O. The molecule has 1 rings (SSSR count). The van der Waals surface area contributed by atoms with Gasteiger partial charge in [0.1, 0.15) is 12.7 Å². The number of nitrogens with zero attached hydrogens (tertiary/aromatic N) is 3. The zero-order valence-corrected chi connectivity index (χ0v) is 16.8. The van der Waals surface area contributed by atoms with Gasteiger partial charge in [-0.15, -0.1) is 0 Å². The number of hydrogen-bond acceptors (Lipinski definition) is 12. The van der Waals surface area contributed by atoms with Crippen molar-refractivity contribution in [3.05, 3.63) is 10.4 Å². The van der Waals surface area contributed by atoms with Gasteiger partial charge in [0.2, 0.25) is 6.10 Å². The molecule has 0 radical (unpaired) electrons. The molecule has 166 valence electrons. The van der Waals surface area contributed by atoms with Crippen LogP contribution >= 0.6 is 0 Å². The first kappa shape index (κ1) is 24.7. The number of rotatable bonds is 7. The van der Waals surface area contributed by atoms with Gasteiger partial charge >= 0.3 is 35.8 Å². The van der Waals surface area contributed by atoms with Crippen molar-refractivity contribution in [3.8, 4) is 0 Å². The van der Waals surface area contributed by atoms with Crippen LogP contribution in [0.5, 0.6) is 0 Å². The van der Waals surface area contributed by atoms with Gasteiger partial charge in [-0.05, 0) is 10.6 Å². The summed E-state index contributed by atoms with van der Waals surface area (Å²) in [7, 11) is 0. The average molecular weight is 431 g/mol. The lowest BCUT2D eigenvalue weighted by atomic mass is 9.95. The number of hydrogen-bond donors (Lipinski definition) is 0. The lowest BCUT2D eigenvalue weighted by Crippen LogP contribution is -2.68. The minimum absolute atomic E-state index is 0.582. The van der Waals surface area contributed by atoms with Gasteiger partial charge in [-0.1, -0.05) is 0 Å². The minimum atomic E-state index is -2.66. The van der Waals surface area contributed by atoms with Crippen LogP contribution in [-0.2, 0) is 52.4 Å². The minimum Gasteiger partial charge on any atom is -0.463 e. The van der Waals surface area contributed by atoms with Gasteiger partial charge in [0.05, 0.1) is 0 Å². The van der Waals surface area contributed by atoms with E-state index in [1.54, 1.807) is 0 Å². The Morgan fingerprint density at radius 3 is 1.83 bits per heavy atom. The lowest BCUT2D eigenvalue weighted by Gasteiger charge is -2.47. The van der Waals surface area contributed by atoms with E-state index in [0.717, 1.165) is 34.6 Å². The van der Waals surface area contributed by atoms with Crippen LogP contribution in [0, 0.1) is 0 Å². The van der Waals surface area contributed by atoms with Crippen LogP contribution in [0.3, 0.4) is 0 Å². The largest absolute Gasteiger partial charge is 0.463 e. The maximum atomic E-state index is 11.7. The summed E-state index contributed by atoms with van der Waals surface area (Å²) in [6, 6.07) is 0. The molecule has 1 fully saturated rings. The van der Waals surface area contributed by atoms with Crippen molar-refractivity contribution in [2.24, 2.45) is 5.11 Å². The molecule has 0 saturated carbocycles. The summed E-state index contributed by atoms with van der Waals surface area (Å²) < 4.78 is 30.8. The summed E-state index contributed by atoms with van der Waals surface area (Å²) in [6.45, 7) is 4.47. The molecule has 5 atom stereocenters. The van der Waals surface area contributed by atoms with E-state index in [4.69, 9.17) is 34.0 Å². The van der Waals surface area contributed by atoms with Crippen LogP contribution in [0.2, 0.25) is 0 Å².